The number of aromatic nitrogens is 1. The summed E-state index contributed by atoms with van der Waals surface area (Å²) in [7, 11) is 0. The molecule has 240 valence electrons. The van der Waals surface area contributed by atoms with Crippen molar-refractivity contribution in [3.05, 3.63) is 108 Å². The normalized spacial score (nSPS) is 12.5. The van der Waals surface area contributed by atoms with Crippen LogP contribution in [0.3, 0.4) is 0 Å². The molecule has 3 aromatic carbocycles. The summed E-state index contributed by atoms with van der Waals surface area (Å²) in [4.78, 5) is 69.5. The van der Waals surface area contributed by atoms with Gasteiger partial charge in [0.1, 0.15) is 12.1 Å². The summed E-state index contributed by atoms with van der Waals surface area (Å²) in [6.07, 6.45) is 1.77. The molecular formula is C36H41N5O5. The molecule has 4 amide bonds. The number of hydrogen-bond donors (Lipinski definition) is 5. The molecular weight excluding hydrogens is 582 g/mol. The van der Waals surface area contributed by atoms with Crippen molar-refractivity contribution >= 4 is 40.3 Å². The number of Topliss-reactive ketones (excluding diaryl/α,β-unsaturated/α-hetero) is 1. The van der Waals surface area contributed by atoms with Gasteiger partial charge in [-0.05, 0) is 35.4 Å². The van der Waals surface area contributed by atoms with Crippen LogP contribution in [0.15, 0.2) is 91.1 Å². The van der Waals surface area contributed by atoms with Gasteiger partial charge in [0.25, 0.3) is 11.7 Å². The third kappa shape index (κ3) is 9.88. The Bertz CT molecular complexity index is 1660. The summed E-state index contributed by atoms with van der Waals surface area (Å²) in [6, 6.07) is 23.6. The Kier molecular flexibility index (Phi) is 11.4. The van der Waals surface area contributed by atoms with Crippen molar-refractivity contribution in [2.75, 3.05) is 6.54 Å². The summed E-state index contributed by atoms with van der Waals surface area (Å²) in [5, 5.41) is 11.4. The van der Waals surface area contributed by atoms with Crippen LogP contribution in [0.4, 0.5) is 0 Å². The van der Waals surface area contributed by atoms with Crippen LogP contribution in [0, 0.1) is 5.41 Å². The fraction of sp³-hybridized carbons (Fsp3) is 0.306. The maximum Gasteiger partial charge on any atom is 0.293 e. The quantitative estimate of drug-likeness (QED) is 0.107. The smallest absolute Gasteiger partial charge is 0.293 e. The molecule has 2 atom stereocenters. The number of H-pyrrole nitrogens is 1. The van der Waals surface area contributed by atoms with Gasteiger partial charge in [0.05, 0.1) is 12.0 Å². The SMILES string of the molecule is CC(C)(C)CNC(=O)C[C@H](NC(=O)C(=O)c1c[nH]c2ccccc12)C(=O)N[C@@H](CCc1ccccc1)C(=O)NCc1ccccc1. The highest BCUT2D eigenvalue weighted by molar-refractivity contribution is 6.45. The molecule has 46 heavy (non-hydrogen) atoms. The fourth-order valence-electron chi connectivity index (χ4n) is 4.84. The molecule has 4 aromatic rings. The van der Waals surface area contributed by atoms with Crippen LogP contribution in [0.5, 0.6) is 0 Å². The van der Waals surface area contributed by atoms with Gasteiger partial charge in [-0.3, -0.25) is 24.0 Å². The number of benzene rings is 3. The Labute approximate surface area is 268 Å². The molecule has 0 unspecified atom stereocenters. The van der Waals surface area contributed by atoms with Gasteiger partial charge in [-0.15, -0.1) is 0 Å². The second-order valence-electron chi connectivity index (χ2n) is 12.4. The average Bonchev–Trinajstić information content (AvgIpc) is 3.48. The van der Waals surface area contributed by atoms with E-state index >= 15 is 0 Å². The van der Waals surface area contributed by atoms with Gasteiger partial charge < -0.3 is 26.3 Å². The van der Waals surface area contributed by atoms with Crippen molar-refractivity contribution in [3.63, 3.8) is 0 Å². The zero-order chi connectivity index (χ0) is 33.1. The number of para-hydroxylation sites is 1. The number of ketones is 1. The first-order valence-corrected chi connectivity index (χ1v) is 15.3. The Balaban J connectivity index is 1.52. The van der Waals surface area contributed by atoms with Crippen molar-refractivity contribution in [2.24, 2.45) is 5.41 Å². The van der Waals surface area contributed by atoms with Gasteiger partial charge in [-0.25, -0.2) is 0 Å². The topological polar surface area (TPSA) is 149 Å². The van der Waals surface area contributed by atoms with E-state index in [1.165, 1.54) is 6.20 Å². The van der Waals surface area contributed by atoms with Gasteiger partial charge in [0.15, 0.2) is 0 Å². The highest BCUT2D eigenvalue weighted by Gasteiger charge is 2.31. The lowest BCUT2D eigenvalue weighted by molar-refractivity contribution is -0.133. The standard InChI is InChI=1S/C36H41N5O5/c1-36(2,3)23-39-31(42)20-30(41-35(46)32(43)27-22-37-28-17-11-10-16-26(27)28)34(45)40-29(19-18-24-12-6-4-7-13-24)33(44)38-21-25-14-8-5-9-15-25/h4-17,22,29-30,37H,18-21,23H2,1-3H3,(H,38,44)(H,39,42)(H,40,45)(H,41,46)/t29-,30-/m0/s1. The minimum atomic E-state index is -1.41. The number of aryl methyl sites for hydroxylation is 1. The molecule has 0 spiro atoms. The van der Waals surface area contributed by atoms with Gasteiger partial charge in [-0.2, -0.15) is 0 Å². The third-order valence-electron chi connectivity index (χ3n) is 7.37. The largest absolute Gasteiger partial charge is 0.360 e. The summed E-state index contributed by atoms with van der Waals surface area (Å²) in [5.74, 6) is -3.54. The van der Waals surface area contributed by atoms with E-state index in [4.69, 9.17) is 0 Å². The molecule has 4 rings (SSSR count). The molecule has 0 saturated heterocycles. The number of fused-ring (bicyclic) bond motifs is 1. The van der Waals surface area contributed by atoms with Crippen LogP contribution < -0.4 is 21.3 Å². The van der Waals surface area contributed by atoms with Crippen LogP contribution in [0.2, 0.25) is 0 Å². The van der Waals surface area contributed by atoms with Crippen molar-refractivity contribution < 1.29 is 24.0 Å². The highest BCUT2D eigenvalue weighted by atomic mass is 16.2. The molecule has 0 radical (unpaired) electrons. The lowest BCUT2D eigenvalue weighted by atomic mass is 9.97. The lowest BCUT2D eigenvalue weighted by Crippen LogP contribution is -2.55. The molecule has 0 aliphatic rings. The molecule has 0 aliphatic heterocycles. The second kappa shape index (κ2) is 15.7. The number of carbonyl (C=O) groups excluding carboxylic acids is 5. The third-order valence-corrected chi connectivity index (χ3v) is 7.37. The lowest BCUT2D eigenvalue weighted by Gasteiger charge is -2.24. The van der Waals surface area contributed by atoms with Crippen LogP contribution in [-0.2, 0) is 32.1 Å². The monoisotopic (exact) mass is 623 g/mol. The van der Waals surface area contributed by atoms with E-state index in [0.29, 0.717) is 23.9 Å². The van der Waals surface area contributed by atoms with E-state index in [1.807, 2.05) is 81.4 Å². The summed E-state index contributed by atoms with van der Waals surface area (Å²) < 4.78 is 0. The van der Waals surface area contributed by atoms with Gasteiger partial charge in [-0.1, -0.05) is 99.6 Å². The van der Waals surface area contributed by atoms with E-state index in [9.17, 15) is 24.0 Å². The Hall–Kier alpha value is -5.25. The summed E-state index contributed by atoms with van der Waals surface area (Å²) in [6.45, 7) is 6.44. The van der Waals surface area contributed by atoms with Crippen molar-refractivity contribution in [3.8, 4) is 0 Å². The molecule has 10 heteroatoms. The highest BCUT2D eigenvalue weighted by Crippen LogP contribution is 2.18. The zero-order valence-electron chi connectivity index (χ0n) is 26.4. The number of amides is 4. The predicted molar refractivity (Wildman–Crippen MR) is 177 cm³/mol. The molecule has 0 fully saturated rings. The summed E-state index contributed by atoms with van der Waals surface area (Å²) in [5.41, 5.74) is 2.47. The zero-order valence-corrected chi connectivity index (χ0v) is 26.4. The summed E-state index contributed by atoms with van der Waals surface area (Å²) >= 11 is 0. The van der Waals surface area contributed by atoms with Crippen molar-refractivity contribution in [1.29, 1.82) is 0 Å². The predicted octanol–water partition coefficient (Wildman–Crippen LogP) is 3.82. The first kappa shape index (κ1) is 33.6. The van der Waals surface area contributed by atoms with Crippen LogP contribution in [0.25, 0.3) is 10.9 Å². The Morgan fingerprint density at radius 3 is 2.02 bits per heavy atom. The van der Waals surface area contributed by atoms with E-state index in [-0.39, 0.29) is 23.9 Å². The Morgan fingerprint density at radius 2 is 1.35 bits per heavy atom. The molecule has 10 nitrogen and oxygen atoms in total. The van der Waals surface area contributed by atoms with Crippen LogP contribution >= 0.6 is 0 Å². The first-order valence-electron chi connectivity index (χ1n) is 15.3. The Morgan fingerprint density at radius 1 is 0.717 bits per heavy atom. The van der Waals surface area contributed by atoms with Crippen LogP contribution in [-0.4, -0.2) is 53.0 Å². The minimum absolute atomic E-state index is 0.144. The van der Waals surface area contributed by atoms with E-state index in [1.54, 1.807) is 24.3 Å². The van der Waals surface area contributed by atoms with Crippen LogP contribution in [0.1, 0.15) is 55.1 Å². The fourth-order valence-corrected chi connectivity index (χ4v) is 4.84. The maximum atomic E-state index is 13.7. The first-order chi connectivity index (χ1) is 22.0. The molecule has 0 bridgehead atoms. The van der Waals surface area contributed by atoms with E-state index in [2.05, 4.69) is 26.3 Å². The van der Waals surface area contributed by atoms with Crippen molar-refractivity contribution in [1.82, 2.24) is 26.3 Å². The maximum absolute atomic E-state index is 13.7. The average molecular weight is 624 g/mol. The minimum Gasteiger partial charge on any atom is -0.360 e. The number of hydrogen-bond acceptors (Lipinski definition) is 5. The van der Waals surface area contributed by atoms with Gasteiger partial charge in [0.2, 0.25) is 17.7 Å². The van der Waals surface area contributed by atoms with Gasteiger partial charge in [0, 0.05) is 30.2 Å². The number of carbonyl (C=O) groups is 5. The number of aromatic amines is 1. The molecule has 0 saturated carbocycles. The molecule has 0 aliphatic carbocycles. The van der Waals surface area contributed by atoms with E-state index < -0.39 is 47.9 Å². The number of rotatable bonds is 14. The molecule has 1 aromatic heterocycles. The molecule has 5 N–H and O–H groups in total. The van der Waals surface area contributed by atoms with E-state index in [0.717, 1.165) is 11.1 Å². The van der Waals surface area contributed by atoms with Crippen molar-refractivity contribution in [2.45, 2.75) is 58.7 Å². The molecule has 1 heterocycles. The number of nitrogens with one attached hydrogen (secondary N) is 5. The second-order valence-corrected chi connectivity index (χ2v) is 12.4. The van der Waals surface area contributed by atoms with Gasteiger partial charge >= 0.3 is 0 Å².